The van der Waals surface area contributed by atoms with Crippen molar-refractivity contribution in [3.05, 3.63) is 51.7 Å². The highest BCUT2D eigenvalue weighted by Gasteiger charge is 2.43. The van der Waals surface area contributed by atoms with Gasteiger partial charge in [-0.3, -0.25) is 27.6 Å². The van der Waals surface area contributed by atoms with Crippen LogP contribution in [-0.2, 0) is 28.2 Å². The molecule has 11 nitrogen and oxygen atoms in total. The van der Waals surface area contributed by atoms with Crippen molar-refractivity contribution in [2.45, 2.75) is 44.4 Å². The van der Waals surface area contributed by atoms with Crippen molar-refractivity contribution in [3.63, 3.8) is 0 Å². The average Bonchev–Trinajstić information content (AvgIpc) is 2.86. The number of para-hydroxylation sites is 1. The smallest absolute Gasteiger partial charge is 0.296 e. The highest BCUT2D eigenvalue weighted by molar-refractivity contribution is 8.25. The molecule has 0 saturated carbocycles. The molecule has 2 fully saturated rings. The zero-order valence-electron chi connectivity index (χ0n) is 19.3. The number of rotatable bonds is 4. The fourth-order valence-electron chi connectivity index (χ4n) is 4.97. The van der Waals surface area contributed by atoms with Gasteiger partial charge in [-0.05, 0) is 24.5 Å². The number of ether oxygens (including phenoxy) is 2. The van der Waals surface area contributed by atoms with Crippen molar-refractivity contribution in [1.82, 2.24) is 14.9 Å². The molecule has 2 saturated heterocycles. The van der Waals surface area contributed by atoms with Gasteiger partial charge in [0.2, 0.25) is 5.75 Å². The third-order valence-corrected chi connectivity index (χ3v) is 8.77. The van der Waals surface area contributed by atoms with Gasteiger partial charge in [-0.15, -0.1) is 10.8 Å². The maximum Gasteiger partial charge on any atom is 0.296 e. The molecule has 0 atom stereocenters. The molecule has 12 heteroatoms. The van der Waals surface area contributed by atoms with Crippen LogP contribution < -0.4 is 15.2 Å². The summed E-state index contributed by atoms with van der Waals surface area (Å²) in [6.45, 7) is 2.01. The lowest BCUT2D eigenvalue weighted by Crippen LogP contribution is -2.48. The Labute approximate surface area is 204 Å². The summed E-state index contributed by atoms with van der Waals surface area (Å²) in [6, 6.07) is 7.18. The van der Waals surface area contributed by atoms with Crippen LogP contribution in [-0.4, -0.2) is 61.8 Å². The number of carbonyl (C=O) groups is 1. The summed E-state index contributed by atoms with van der Waals surface area (Å²) < 4.78 is 35.6. The molecular weight excluding hydrogens is 476 g/mol. The molecular formula is C23H30N4O7S. The number of aromatic hydroxyl groups is 1. The summed E-state index contributed by atoms with van der Waals surface area (Å²) in [5.41, 5.74) is -0.534. The third kappa shape index (κ3) is 4.40. The number of anilines is 1. The molecule has 1 amide bonds. The molecule has 2 aromatic rings. The number of hydrogen-bond acceptors (Lipinski definition) is 9. The number of fused-ring (bicyclic) bond motifs is 2. The van der Waals surface area contributed by atoms with Crippen LogP contribution >= 0.6 is 10.8 Å². The van der Waals surface area contributed by atoms with Gasteiger partial charge in [-0.2, -0.15) is 0 Å². The molecule has 3 aliphatic heterocycles. The first-order valence-electron chi connectivity index (χ1n) is 11.8. The van der Waals surface area contributed by atoms with Crippen molar-refractivity contribution < 1.29 is 28.5 Å². The van der Waals surface area contributed by atoms with Crippen molar-refractivity contribution in [1.29, 1.82) is 0 Å². The second-order valence-electron chi connectivity index (χ2n) is 9.00. The first-order chi connectivity index (χ1) is 16.8. The van der Waals surface area contributed by atoms with Crippen LogP contribution in [0.4, 0.5) is 5.69 Å². The molecule has 0 unspecified atom stereocenters. The molecule has 1 aromatic carbocycles. The monoisotopic (exact) mass is 506 g/mol. The molecule has 3 aliphatic rings. The highest BCUT2D eigenvalue weighted by Crippen LogP contribution is 2.50. The number of carbonyl (C=O) groups excluding carboxylic acids is 1. The van der Waals surface area contributed by atoms with E-state index in [1.165, 1.54) is 4.57 Å². The largest absolute Gasteiger partial charge is 0.501 e. The van der Waals surface area contributed by atoms with Gasteiger partial charge in [0.1, 0.15) is 11.4 Å². The molecule has 1 aromatic heterocycles. The third-order valence-electron chi connectivity index (χ3n) is 6.84. The molecule has 35 heavy (non-hydrogen) atoms. The van der Waals surface area contributed by atoms with E-state index in [0.29, 0.717) is 62.0 Å². The van der Waals surface area contributed by atoms with E-state index in [1.807, 2.05) is 0 Å². The van der Waals surface area contributed by atoms with Gasteiger partial charge >= 0.3 is 0 Å². The van der Waals surface area contributed by atoms with Crippen LogP contribution in [0.3, 0.4) is 0 Å². The van der Waals surface area contributed by atoms with Crippen LogP contribution in [0.25, 0.3) is 0 Å². The van der Waals surface area contributed by atoms with Gasteiger partial charge in [0, 0.05) is 39.1 Å². The minimum absolute atomic E-state index is 0.0516. The number of amides is 1. The standard InChI is InChI=1S/C23H30N4O7S/c28-19-18(25-22-23(7-11-33-12-8-23)34-13-10-26(22)21(19)30)20(29)24-15-16-5-1-2-6-17(16)27-9-3-4-14-35(27,31)32/h1-2,5-6,28,31-32H,3-4,7-15H2,(H,24,29). The second-order valence-corrected chi connectivity index (χ2v) is 11.1. The quantitative estimate of drug-likeness (QED) is 0.490. The number of aromatic nitrogens is 2. The van der Waals surface area contributed by atoms with Crippen LogP contribution in [0.2, 0.25) is 0 Å². The van der Waals surface area contributed by atoms with Gasteiger partial charge in [0.05, 0.1) is 24.6 Å². The lowest BCUT2D eigenvalue weighted by Gasteiger charge is -2.48. The van der Waals surface area contributed by atoms with E-state index in [1.54, 1.807) is 28.6 Å². The Kier molecular flexibility index (Phi) is 6.49. The summed E-state index contributed by atoms with van der Waals surface area (Å²) in [7, 11) is -2.93. The Bertz CT molecular complexity index is 1180. The normalized spacial score (nSPS) is 21.8. The summed E-state index contributed by atoms with van der Waals surface area (Å²) in [5, 5.41) is 13.3. The first kappa shape index (κ1) is 24.1. The van der Waals surface area contributed by atoms with Crippen molar-refractivity contribution in [2.75, 3.05) is 36.4 Å². The highest BCUT2D eigenvalue weighted by atomic mass is 32.3. The van der Waals surface area contributed by atoms with E-state index in [-0.39, 0.29) is 18.8 Å². The average molecular weight is 507 g/mol. The number of nitrogens with zero attached hydrogens (tertiary/aromatic N) is 3. The van der Waals surface area contributed by atoms with Crippen molar-refractivity contribution in [2.24, 2.45) is 0 Å². The Morgan fingerprint density at radius 1 is 1.14 bits per heavy atom. The zero-order chi connectivity index (χ0) is 24.6. The van der Waals surface area contributed by atoms with Gasteiger partial charge in [0.15, 0.2) is 5.69 Å². The van der Waals surface area contributed by atoms with Gasteiger partial charge < -0.3 is 19.9 Å². The van der Waals surface area contributed by atoms with E-state index in [2.05, 4.69) is 10.3 Å². The van der Waals surface area contributed by atoms with Crippen molar-refractivity contribution in [3.8, 4) is 5.75 Å². The molecule has 4 N–H and O–H groups in total. The summed E-state index contributed by atoms with van der Waals surface area (Å²) in [4.78, 5) is 30.5. The fourth-order valence-corrected chi connectivity index (χ4v) is 6.70. The zero-order valence-corrected chi connectivity index (χ0v) is 20.1. The summed E-state index contributed by atoms with van der Waals surface area (Å²) in [6.07, 6.45) is 2.58. The van der Waals surface area contributed by atoms with E-state index < -0.39 is 33.6 Å². The van der Waals surface area contributed by atoms with Crippen LogP contribution in [0.15, 0.2) is 29.1 Å². The van der Waals surface area contributed by atoms with E-state index in [9.17, 15) is 23.8 Å². The van der Waals surface area contributed by atoms with Gasteiger partial charge in [-0.1, -0.05) is 18.2 Å². The molecule has 0 bridgehead atoms. The fraction of sp³-hybridized carbons (Fsp3) is 0.522. The van der Waals surface area contributed by atoms with Crippen molar-refractivity contribution >= 4 is 22.4 Å². The maximum absolute atomic E-state index is 13.1. The molecule has 4 heterocycles. The SMILES string of the molecule is O=C(NCc1ccccc1N1CCCCS1(O)O)c1nc2n(c(=O)c1O)CCOC21CCOCC1. The minimum atomic E-state index is -2.93. The second kappa shape index (κ2) is 9.43. The van der Waals surface area contributed by atoms with E-state index in [4.69, 9.17) is 9.47 Å². The number of hydrogen-bond donors (Lipinski definition) is 4. The Morgan fingerprint density at radius 2 is 1.91 bits per heavy atom. The Morgan fingerprint density at radius 3 is 2.69 bits per heavy atom. The van der Waals surface area contributed by atoms with Gasteiger partial charge in [-0.25, -0.2) is 4.98 Å². The first-order valence-corrected chi connectivity index (χ1v) is 13.5. The molecule has 5 rings (SSSR count). The van der Waals surface area contributed by atoms with Crippen LogP contribution in [0.5, 0.6) is 5.75 Å². The summed E-state index contributed by atoms with van der Waals surface area (Å²) in [5.74, 6) is -0.758. The van der Waals surface area contributed by atoms with E-state index >= 15 is 0 Å². The molecule has 190 valence electrons. The Hall–Kier alpha value is -2.64. The van der Waals surface area contributed by atoms with Crippen LogP contribution in [0.1, 0.15) is 47.6 Å². The lowest BCUT2D eigenvalue weighted by atomic mass is 9.91. The summed E-state index contributed by atoms with van der Waals surface area (Å²) >= 11 is 0. The molecule has 0 aliphatic carbocycles. The minimum Gasteiger partial charge on any atom is -0.501 e. The number of benzene rings is 1. The molecule has 1 spiro atoms. The number of nitrogens with one attached hydrogen (secondary N) is 1. The predicted molar refractivity (Wildman–Crippen MR) is 130 cm³/mol. The van der Waals surface area contributed by atoms with Gasteiger partial charge in [0.25, 0.3) is 11.5 Å². The topological polar surface area (TPSA) is 146 Å². The lowest BCUT2D eigenvalue weighted by molar-refractivity contribution is -0.139. The van der Waals surface area contributed by atoms with E-state index in [0.717, 1.165) is 12.8 Å². The molecule has 0 radical (unpaired) electrons. The maximum atomic E-state index is 13.1. The Balaban J connectivity index is 1.42. The van der Waals surface area contributed by atoms with Crippen LogP contribution in [0, 0.1) is 0 Å². The predicted octanol–water partition coefficient (Wildman–Crippen LogP) is 2.18.